The molecule has 5 rings (SSSR count). The number of ether oxygens (including phenoxy) is 1. The van der Waals surface area contributed by atoms with E-state index in [1.807, 2.05) is 48.9 Å². The average molecular weight is 600 g/mol. The van der Waals surface area contributed by atoms with E-state index in [1.54, 1.807) is 36.5 Å². The molecule has 230 valence electrons. The van der Waals surface area contributed by atoms with Gasteiger partial charge in [0.25, 0.3) is 5.91 Å². The molecule has 12 nitrogen and oxygen atoms in total. The lowest BCUT2D eigenvalue weighted by Crippen LogP contribution is -2.51. The standard InChI is InChI=1S/C32H37N7O5/c1-21(2)17-26-31(42)34-12-15-38-14-11-33-30(38)22-7-5-8-23(18-22)44-16-6-13-39(20-29(41)35-26)32(43)27-19-25(36-37-27)24-9-3-4-10-28(24)40/h3-5,7-11,14,18-19,21,26,40H,6,12-13,15-17,20H2,1-2H3,(H,34,42)(H,35,41)(H,36,37)/t26-/m1/s1. The molecule has 0 radical (unpaired) electrons. The summed E-state index contributed by atoms with van der Waals surface area (Å²) in [4.78, 5) is 46.0. The van der Waals surface area contributed by atoms with Gasteiger partial charge in [-0.05, 0) is 49.1 Å². The molecule has 0 saturated carbocycles. The van der Waals surface area contributed by atoms with Gasteiger partial charge >= 0.3 is 0 Å². The van der Waals surface area contributed by atoms with Crippen molar-refractivity contribution in [2.24, 2.45) is 5.92 Å². The minimum atomic E-state index is -0.763. The molecule has 44 heavy (non-hydrogen) atoms. The van der Waals surface area contributed by atoms with Crippen LogP contribution in [0.2, 0.25) is 0 Å². The van der Waals surface area contributed by atoms with Gasteiger partial charge in [0.2, 0.25) is 11.8 Å². The third-order valence-corrected chi connectivity index (χ3v) is 7.27. The van der Waals surface area contributed by atoms with Crippen molar-refractivity contribution in [3.05, 3.63) is 72.7 Å². The van der Waals surface area contributed by atoms with Crippen molar-refractivity contribution in [1.29, 1.82) is 0 Å². The van der Waals surface area contributed by atoms with Gasteiger partial charge in [-0.3, -0.25) is 19.5 Å². The van der Waals surface area contributed by atoms with E-state index in [0.717, 1.165) is 11.4 Å². The highest BCUT2D eigenvalue weighted by atomic mass is 16.5. The summed E-state index contributed by atoms with van der Waals surface area (Å²) < 4.78 is 7.97. The molecule has 1 aliphatic rings. The first-order valence-electron chi connectivity index (χ1n) is 14.7. The summed E-state index contributed by atoms with van der Waals surface area (Å²) in [5, 5.41) is 23.0. The number of para-hydroxylation sites is 1. The molecule has 0 aliphatic carbocycles. The van der Waals surface area contributed by atoms with Crippen molar-refractivity contribution in [3.63, 3.8) is 0 Å². The number of carbonyl (C=O) groups is 3. The molecule has 3 heterocycles. The summed E-state index contributed by atoms with van der Waals surface area (Å²) in [6, 6.07) is 15.1. The van der Waals surface area contributed by atoms with E-state index in [1.165, 1.54) is 4.90 Å². The smallest absolute Gasteiger partial charge is 0.272 e. The Bertz CT molecular complexity index is 1610. The van der Waals surface area contributed by atoms with Gasteiger partial charge in [-0.2, -0.15) is 5.10 Å². The van der Waals surface area contributed by atoms with Gasteiger partial charge in [0.05, 0.1) is 18.8 Å². The molecular weight excluding hydrogens is 562 g/mol. The number of hydrogen-bond donors (Lipinski definition) is 4. The fourth-order valence-corrected chi connectivity index (χ4v) is 5.14. The molecule has 0 unspecified atom stereocenters. The molecule has 0 saturated heterocycles. The first kappa shape index (κ1) is 30.3. The molecule has 1 aliphatic heterocycles. The molecule has 4 aromatic rings. The number of phenolic OH excluding ortho intramolecular Hbond substituents is 1. The van der Waals surface area contributed by atoms with Crippen molar-refractivity contribution >= 4 is 17.7 Å². The van der Waals surface area contributed by atoms with Gasteiger partial charge < -0.3 is 29.9 Å². The van der Waals surface area contributed by atoms with Crippen LogP contribution in [0.5, 0.6) is 11.5 Å². The number of rotatable bonds is 4. The van der Waals surface area contributed by atoms with Gasteiger partial charge in [-0.1, -0.05) is 38.1 Å². The molecule has 2 aromatic carbocycles. The van der Waals surface area contributed by atoms with E-state index in [-0.39, 0.29) is 36.4 Å². The van der Waals surface area contributed by atoms with Gasteiger partial charge in [0.1, 0.15) is 29.1 Å². The van der Waals surface area contributed by atoms with Crippen LogP contribution in [0.25, 0.3) is 22.6 Å². The number of imidazole rings is 1. The number of fused-ring (bicyclic) bond motifs is 4. The van der Waals surface area contributed by atoms with Crippen molar-refractivity contribution in [1.82, 2.24) is 35.3 Å². The van der Waals surface area contributed by atoms with Crippen molar-refractivity contribution < 1.29 is 24.2 Å². The van der Waals surface area contributed by atoms with Crippen LogP contribution in [0.3, 0.4) is 0 Å². The third kappa shape index (κ3) is 7.44. The summed E-state index contributed by atoms with van der Waals surface area (Å²) in [5.41, 5.74) is 1.91. The maximum absolute atomic E-state index is 13.6. The van der Waals surface area contributed by atoms with Crippen LogP contribution in [-0.2, 0) is 16.1 Å². The minimum absolute atomic E-state index is 0.0357. The highest BCUT2D eigenvalue weighted by Gasteiger charge is 2.26. The van der Waals surface area contributed by atoms with Crippen LogP contribution in [0.15, 0.2) is 67.0 Å². The number of H-pyrrole nitrogens is 1. The summed E-state index contributed by atoms with van der Waals surface area (Å²) >= 11 is 0. The largest absolute Gasteiger partial charge is 0.507 e. The normalized spacial score (nSPS) is 16.7. The molecule has 2 bridgehead atoms. The molecule has 0 fully saturated rings. The second-order valence-corrected chi connectivity index (χ2v) is 11.1. The van der Waals surface area contributed by atoms with E-state index in [0.29, 0.717) is 49.5 Å². The van der Waals surface area contributed by atoms with E-state index in [2.05, 4.69) is 25.8 Å². The SMILES string of the molecule is CC(C)C[C@H]1NC(=O)CN(C(=O)c2cc(-c3ccccc3O)n[nH]2)CCCOc2cccc(c2)-c2nccn2CCNC1=O. The summed E-state index contributed by atoms with van der Waals surface area (Å²) in [6.07, 6.45) is 4.45. The number of aromatic nitrogens is 4. The monoisotopic (exact) mass is 599 g/mol. The number of benzene rings is 2. The van der Waals surface area contributed by atoms with E-state index < -0.39 is 17.9 Å². The molecule has 0 spiro atoms. The summed E-state index contributed by atoms with van der Waals surface area (Å²) in [5.74, 6) is 0.396. The maximum Gasteiger partial charge on any atom is 0.272 e. The third-order valence-electron chi connectivity index (χ3n) is 7.27. The Hall–Kier alpha value is -5.13. The number of aromatic hydroxyl groups is 1. The van der Waals surface area contributed by atoms with Crippen LogP contribution < -0.4 is 15.4 Å². The molecule has 3 amide bonds. The maximum atomic E-state index is 13.6. The van der Waals surface area contributed by atoms with Crippen LogP contribution >= 0.6 is 0 Å². The first-order valence-corrected chi connectivity index (χ1v) is 14.7. The zero-order chi connectivity index (χ0) is 31.1. The van der Waals surface area contributed by atoms with Crippen molar-refractivity contribution in [3.8, 4) is 34.1 Å². The van der Waals surface area contributed by atoms with Crippen molar-refractivity contribution in [2.45, 2.75) is 39.3 Å². The summed E-state index contributed by atoms with van der Waals surface area (Å²) in [7, 11) is 0. The number of nitrogens with zero attached hydrogens (tertiary/aromatic N) is 4. The van der Waals surface area contributed by atoms with Crippen LogP contribution in [0, 0.1) is 5.92 Å². The van der Waals surface area contributed by atoms with Crippen molar-refractivity contribution in [2.75, 3.05) is 26.2 Å². The molecular formula is C32H37N7O5. The molecule has 1 atom stereocenters. The average Bonchev–Trinajstić information content (AvgIpc) is 3.68. The quantitative estimate of drug-likeness (QED) is 0.281. The van der Waals surface area contributed by atoms with Gasteiger partial charge in [0.15, 0.2) is 0 Å². The number of amides is 3. The lowest BCUT2D eigenvalue weighted by Gasteiger charge is -2.25. The number of phenols is 1. The lowest BCUT2D eigenvalue weighted by molar-refractivity contribution is -0.129. The van der Waals surface area contributed by atoms with E-state index in [9.17, 15) is 19.5 Å². The minimum Gasteiger partial charge on any atom is -0.507 e. The lowest BCUT2D eigenvalue weighted by atomic mass is 10.0. The van der Waals surface area contributed by atoms with Gasteiger partial charge in [-0.15, -0.1) is 0 Å². The number of carbonyl (C=O) groups excluding carboxylic acids is 3. The number of aromatic amines is 1. The van der Waals surface area contributed by atoms with Crippen LogP contribution in [0.1, 0.15) is 37.2 Å². The predicted molar refractivity (Wildman–Crippen MR) is 164 cm³/mol. The highest BCUT2D eigenvalue weighted by molar-refractivity contribution is 5.96. The fourth-order valence-electron chi connectivity index (χ4n) is 5.14. The van der Waals surface area contributed by atoms with Crippen LogP contribution in [-0.4, -0.2) is 79.8 Å². The number of nitrogens with one attached hydrogen (secondary N) is 3. The Morgan fingerprint density at radius 2 is 1.95 bits per heavy atom. The highest BCUT2D eigenvalue weighted by Crippen LogP contribution is 2.27. The Morgan fingerprint density at radius 3 is 2.77 bits per heavy atom. The Labute approximate surface area is 255 Å². The molecule has 4 N–H and O–H groups in total. The first-order chi connectivity index (χ1) is 21.3. The zero-order valence-corrected chi connectivity index (χ0v) is 24.8. The Balaban J connectivity index is 1.39. The zero-order valence-electron chi connectivity index (χ0n) is 24.8. The van der Waals surface area contributed by atoms with Gasteiger partial charge in [0, 0.05) is 43.2 Å². The summed E-state index contributed by atoms with van der Waals surface area (Å²) in [6.45, 7) is 5.03. The van der Waals surface area contributed by atoms with Crippen LogP contribution in [0.4, 0.5) is 0 Å². The van der Waals surface area contributed by atoms with E-state index in [4.69, 9.17) is 4.74 Å². The predicted octanol–water partition coefficient (Wildman–Crippen LogP) is 3.22. The number of hydrogen-bond acceptors (Lipinski definition) is 7. The Morgan fingerprint density at radius 1 is 1.11 bits per heavy atom. The second-order valence-electron chi connectivity index (χ2n) is 11.1. The topological polar surface area (TPSA) is 154 Å². The fraction of sp³-hybridized carbons (Fsp3) is 0.344. The van der Waals surface area contributed by atoms with E-state index >= 15 is 0 Å². The molecule has 2 aromatic heterocycles. The Kier molecular flexibility index (Phi) is 9.58. The second kappa shape index (κ2) is 13.9. The van der Waals surface area contributed by atoms with Gasteiger partial charge in [-0.25, -0.2) is 4.98 Å². The molecule has 12 heteroatoms.